The number of methoxy groups -OCH3 is 1. The van der Waals surface area contributed by atoms with Gasteiger partial charge >= 0.3 is 6.18 Å². The van der Waals surface area contributed by atoms with E-state index in [0.717, 1.165) is 32.1 Å². The Morgan fingerprint density at radius 3 is 2.51 bits per heavy atom. The van der Waals surface area contributed by atoms with Crippen LogP contribution in [0.4, 0.5) is 29.1 Å². The first-order valence-electron chi connectivity index (χ1n) is 11.0. The van der Waals surface area contributed by atoms with Crippen LogP contribution < -0.4 is 14.8 Å². The van der Waals surface area contributed by atoms with E-state index in [9.17, 15) is 17.6 Å². The fraction of sp³-hybridized carbons (Fsp3) is 0.435. The maximum Gasteiger partial charge on any atom is 0.419 e. The van der Waals surface area contributed by atoms with Crippen LogP contribution in [0.2, 0.25) is 0 Å². The fourth-order valence-corrected chi connectivity index (χ4v) is 3.97. The third kappa shape index (κ3) is 6.61. The fourth-order valence-electron chi connectivity index (χ4n) is 3.97. The molecular formula is C23H26ClF4N5O2. The predicted molar refractivity (Wildman–Crippen MR) is 126 cm³/mol. The molecule has 1 N–H and O–H groups in total. The number of piperidine rings is 1. The van der Waals surface area contributed by atoms with Gasteiger partial charge in [0, 0.05) is 18.3 Å². The zero-order chi connectivity index (χ0) is 24.1. The number of ether oxygens (including phenoxy) is 2. The van der Waals surface area contributed by atoms with Crippen molar-refractivity contribution in [2.24, 2.45) is 0 Å². The molecule has 0 saturated carbocycles. The zero-order valence-corrected chi connectivity index (χ0v) is 19.9. The number of nitrogens with one attached hydrogen (secondary N) is 1. The molecule has 1 aliphatic heterocycles. The summed E-state index contributed by atoms with van der Waals surface area (Å²) < 4.78 is 64.2. The van der Waals surface area contributed by atoms with Crippen molar-refractivity contribution < 1.29 is 27.0 Å². The molecule has 0 unspecified atom stereocenters. The Morgan fingerprint density at radius 1 is 1.03 bits per heavy atom. The van der Waals surface area contributed by atoms with Gasteiger partial charge in [0.2, 0.25) is 0 Å². The first kappa shape index (κ1) is 26.7. The summed E-state index contributed by atoms with van der Waals surface area (Å²) in [5.74, 6) is -0.285. The summed E-state index contributed by atoms with van der Waals surface area (Å²) in [6, 6.07) is 5.91. The average Bonchev–Trinajstić information content (AvgIpc) is 2.82. The van der Waals surface area contributed by atoms with E-state index in [-0.39, 0.29) is 23.9 Å². The number of anilines is 2. The molecule has 1 aliphatic rings. The minimum atomic E-state index is -4.82. The highest BCUT2D eigenvalue weighted by atomic mass is 35.5. The Kier molecular flexibility index (Phi) is 8.90. The van der Waals surface area contributed by atoms with Crippen LogP contribution >= 0.6 is 12.4 Å². The molecule has 3 aromatic rings. The molecule has 1 saturated heterocycles. The highest BCUT2D eigenvalue weighted by molar-refractivity contribution is 5.92. The smallest absolute Gasteiger partial charge is 0.419 e. The number of likely N-dealkylation sites (tertiary alicyclic amines) is 1. The molecule has 0 spiro atoms. The van der Waals surface area contributed by atoms with Gasteiger partial charge in [-0.3, -0.25) is 0 Å². The molecule has 0 bridgehead atoms. The quantitative estimate of drug-likeness (QED) is 0.309. The van der Waals surface area contributed by atoms with Crippen molar-refractivity contribution in [1.82, 2.24) is 20.3 Å². The molecule has 1 fully saturated rings. The Bertz CT molecular complexity index is 1140. The van der Waals surface area contributed by atoms with Crippen molar-refractivity contribution in [3.8, 4) is 11.5 Å². The molecule has 1 aromatic heterocycles. The first-order valence-corrected chi connectivity index (χ1v) is 11.0. The summed E-state index contributed by atoms with van der Waals surface area (Å²) >= 11 is 0. The number of aromatic nitrogens is 3. The maximum absolute atomic E-state index is 13.6. The molecule has 35 heavy (non-hydrogen) atoms. The lowest BCUT2D eigenvalue weighted by Crippen LogP contribution is -2.31. The summed E-state index contributed by atoms with van der Waals surface area (Å²) in [7, 11) is 1.49. The lowest BCUT2D eigenvalue weighted by atomic mass is 10.1. The van der Waals surface area contributed by atoms with Gasteiger partial charge in [0.25, 0.3) is 0 Å². The highest BCUT2D eigenvalue weighted by Gasteiger charge is 2.34. The van der Waals surface area contributed by atoms with E-state index in [1.54, 1.807) is 12.1 Å². The third-order valence-electron chi connectivity index (χ3n) is 5.69. The SMILES string of the molecule is COc1cc2c(Nc3ccc(F)c(C(F)(F)F)c3)nnnc2cc1OCCCN1CCCCC1.Cl. The third-order valence-corrected chi connectivity index (χ3v) is 5.69. The second-order valence-electron chi connectivity index (χ2n) is 8.08. The average molecular weight is 516 g/mol. The van der Waals surface area contributed by atoms with Crippen molar-refractivity contribution >= 4 is 34.8 Å². The molecule has 12 heteroatoms. The number of hydrogen-bond donors (Lipinski definition) is 1. The Hall–Kier alpha value is -2.92. The Morgan fingerprint density at radius 2 is 1.80 bits per heavy atom. The normalized spacial score (nSPS) is 14.4. The number of benzene rings is 2. The van der Waals surface area contributed by atoms with Gasteiger partial charge in [-0.05, 0) is 61.8 Å². The van der Waals surface area contributed by atoms with Gasteiger partial charge in [-0.2, -0.15) is 13.2 Å². The van der Waals surface area contributed by atoms with Crippen molar-refractivity contribution in [3.05, 3.63) is 41.7 Å². The van der Waals surface area contributed by atoms with Gasteiger partial charge in [-0.25, -0.2) is 4.39 Å². The van der Waals surface area contributed by atoms with Crippen molar-refractivity contribution in [1.29, 1.82) is 0 Å². The van der Waals surface area contributed by atoms with Crippen molar-refractivity contribution in [3.63, 3.8) is 0 Å². The Labute approximate surface area is 206 Å². The largest absolute Gasteiger partial charge is 0.493 e. The van der Waals surface area contributed by atoms with Crippen LogP contribution in [0.3, 0.4) is 0 Å². The van der Waals surface area contributed by atoms with Gasteiger partial charge in [-0.15, -0.1) is 22.6 Å². The van der Waals surface area contributed by atoms with Crippen LogP contribution in [0.15, 0.2) is 30.3 Å². The van der Waals surface area contributed by atoms with E-state index in [2.05, 4.69) is 25.6 Å². The van der Waals surface area contributed by atoms with E-state index < -0.39 is 17.6 Å². The van der Waals surface area contributed by atoms with Crippen molar-refractivity contribution in [2.75, 3.05) is 38.7 Å². The maximum atomic E-state index is 13.6. The van der Waals surface area contributed by atoms with Gasteiger partial charge in [0.05, 0.1) is 24.7 Å². The van der Waals surface area contributed by atoms with Crippen LogP contribution in [-0.2, 0) is 6.18 Å². The molecule has 2 aromatic carbocycles. The van der Waals surface area contributed by atoms with Gasteiger partial charge in [0.15, 0.2) is 17.3 Å². The van der Waals surface area contributed by atoms with Gasteiger partial charge in [0.1, 0.15) is 11.3 Å². The van der Waals surface area contributed by atoms with E-state index >= 15 is 0 Å². The summed E-state index contributed by atoms with van der Waals surface area (Å²) in [6.45, 7) is 3.70. The second-order valence-corrected chi connectivity index (χ2v) is 8.08. The van der Waals surface area contributed by atoms with E-state index in [4.69, 9.17) is 9.47 Å². The monoisotopic (exact) mass is 515 g/mol. The summed E-state index contributed by atoms with van der Waals surface area (Å²) in [5, 5.41) is 14.8. The molecule has 4 rings (SSSR count). The van der Waals surface area contributed by atoms with Crippen LogP contribution in [0.5, 0.6) is 11.5 Å². The van der Waals surface area contributed by atoms with Crippen LogP contribution in [0.25, 0.3) is 10.9 Å². The second kappa shape index (κ2) is 11.7. The van der Waals surface area contributed by atoms with Crippen LogP contribution in [-0.4, -0.2) is 53.7 Å². The molecule has 0 radical (unpaired) electrons. The molecule has 0 amide bonds. The molecule has 190 valence electrons. The molecular weight excluding hydrogens is 490 g/mol. The predicted octanol–water partition coefficient (Wildman–Crippen LogP) is 5.61. The number of alkyl halides is 3. The van der Waals surface area contributed by atoms with E-state index in [1.807, 2.05) is 0 Å². The molecule has 0 aliphatic carbocycles. The highest BCUT2D eigenvalue weighted by Crippen LogP contribution is 2.36. The van der Waals surface area contributed by atoms with E-state index in [0.29, 0.717) is 35.1 Å². The van der Waals surface area contributed by atoms with Gasteiger partial charge in [-0.1, -0.05) is 6.42 Å². The lowest BCUT2D eigenvalue weighted by Gasteiger charge is -2.26. The lowest BCUT2D eigenvalue weighted by molar-refractivity contribution is -0.139. The summed E-state index contributed by atoms with van der Waals surface area (Å²) in [5.41, 5.74) is -0.948. The minimum absolute atomic E-state index is 0. The van der Waals surface area contributed by atoms with Crippen LogP contribution in [0.1, 0.15) is 31.2 Å². The topological polar surface area (TPSA) is 72.4 Å². The van der Waals surface area contributed by atoms with Crippen molar-refractivity contribution in [2.45, 2.75) is 31.9 Å². The summed E-state index contributed by atoms with van der Waals surface area (Å²) in [6.07, 6.45) is -0.201. The molecule has 0 atom stereocenters. The minimum Gasteiger partial charge on any atom is -0.493 e. The standard InChI is InChI=1S/C23H25F4N5O2.ClH/c1-33-20-13-16-19(14-21(20)34-11-5-10-32-8-3-2-4-9-32)29-31-30-22(16)28-15-6-7-18(24)17(12-15)23(25,26)27;/h6-7,12-14H,2-5,8-11H2,1H3,(H,28,29,30);1H. The van der Waals surface area contributed by atoms with E-state index in [1.165, 1.54) is 32.4 Å². The number of fused-ring (bicyclic) bond motifs is 1. The number of halogens is 5. The Balaban J connectivity index is 0.00000342. The zero-order valence-electron chi connectivity index (χ0n) is 19.1. The van der Waals surface area contributed by atoms with Gasteiger partial charge < -0.3 is 19.7 Å². The molecule has 7 nitrogen and oxygen atoms in total. The number of nitrogens with zero attached hydrogens (tertiary/aromatic N) is 4. The summed E-state index contributed by atoms with van der Waals surface area (Å²) in [4.78, 5) is 2.43. The van der Waals surface area contributed by atoms with Crippen LogP contribution in [0, 0.1) is 5.82 Å². The number of rotatable bonds is 8. The number of hydrogen-bond acceptors (Lipinski definition) is 7. The first-order chi connectivity index (χ1) is 16.3. The molecule has 2 heterocycles.